The molecule has 0 amide bonds. The van der Waals surface area contributed by atoms with Gasteiger partial charge in [-0.3, -0.25) is 0 Å². The minimum Gasteiger partial charge on any atom is -0.496 e. The summed E-state index contributed by atoms with van der Waals surface area (Å²) < 4.78 is 17.4. The first-order valence-corrected chi connectivity index (χ1v) is 7.33. The molecule has 4 heteroatoms. The van der Waals surface area contributed by atoms with Crippen molar-refractivity contribution in [1.82, 2.24) is 0 Å². The Hall–Kier alpha value is -0.995. The van der Waals surface area contributed by atoms with Crippen LogP contribution in [-0.2, 0) is 15.7 Å². The van der Waals surface area contributed by atoms with Gasteiger partial charge in [0.15, 0.2) is 0 Å². The Kier molecular flexibility index (Phi) is 4.45. The molecule has 1 fully saturated rings. The average Bonchev–Trinajstić information content (AvgIpc) is 2.58. The molecular weight excluding hydrogens is 251 g/mol. The summed E-state index contributed by atoms with van der Waals surface area (Å²) in [5.74, 6) is 0.960. The number of methoxy groups -OCH3 is 1. The molecule has 0 N–H and O–H groups in total. The summed E-state index contributed by atoms with van der Waals surface area (Å²) in [4.78, 5) is 0. The van der Waals surface area contributed by atoms with E-state index in [1.807, 2.05) is 18.2 Å². The van der Waals surface area contributed by atoms with Crippen molar-refractivity contribution in [3.05, 3.63) is 29.8 Å². The van der Waals surface area contributed by atoms with E-state index < -0.39 is 0 Å². The van der Waals surface area contributed by atoms with Gasteiger partial charge in [-0.05, 0) is 52.1 Å². The first-order chi connectivity index (χ1) is 9.36. The second-order valence-electron chi connectivity index (χ2n) is 6.39. The zero-order valence-electron chi connectivity index (χ0n) is 13.2. The summed E-state index contributed by atoms with van der Waals surface area (Å²) in [5, 5.41) is 0. The lowest BCUT2D eigenvalue weighted by Crippen LogP contribution is -2.41. The average molecular weight is 276 g/mol. The van der Waals surface area contributed by atoms with Gasteiger partial charge in [0, 0.05) is 0 Å². The smallest absolute Gasteiger partial charge is 0.457 e. The summed E-state index contributed by atoms with van der Waals surface area (Å²) >= 11 is 0. The molecule has 1 aromatic rings. The number of benzene rings is 1. The van der Waals surface area contributed by atoms with Crippen molar-refractivity contribution >= 4 is 7.12 Å². The molecule has 0 aromatic heterocycles. The molecule has 0 saturated carbocycles. The Morgan fingerprint density at radius 1 is 1.05 bits per heavy atom. The van der Waals surface area contributed by atoms with Crippen molar-refractivity contribution in [1.29, 1.82) is 0 Å². The van der Waals surface area contributed by atoms with Crippen LogP contribution in [0.5, 0.6) is 5.75 Å². The fraction of sp³-hybridized carbons (Fsp3) is 0.625. The van der Waals surface area contributed by atoms with Crippen LogP contribution in [0.25, 0.3) is 0 Å². The SMILES string of the molecule is COc1ccccc1CCCB1OC(C)(C)C(C)(C)O1. The maximum Gasteiger partial charge on any atom is 0.457 e. The molecule has 2 rings (SSSR count). The highest BCUT2D eigenvalue weighted by molar-refractivity contribution is 6.45. The van der Waals surface area contributed by atoms with Gasteiger partial charge in [0.05, 0.1) is 18.3 Å². The number of para-hydroxylation sites is 1. The lowest BCUT2D eigenvalue weighted by Gasteiger charge is -2.32. The molecule has 1 aromatic carbocycles. The van der Waals surface area contributed by atoms with Crippen molar-refractivity contribution in [2.24, 2.45) is 0 Å². The maximum absolute atomic E-state index is 6.01. The lowest BCUT2D eigenvalue weighted by atomic mass is 9.82. The van der Waals surface area contributed by atoms with Crippen LogP contribution < -0.4 is 4.74 Å². The van der Waals surface area contributed by atoms with Crippen LogP contribution in [0.1, 0.15) is 39.7 Å². The first kappa shape index (κ1) is 15.4. The Morgan fingerprint density at radius 2 is 1.65 bits per heavy atom. The summed E-state index contributed by atoms with van der Waals surface area (Å²) in [7, 11) is 1.61. The van der Waals surface area contributed by atoms with Gasteiger partial charge >= 0.3 is 7.12 Å². The van der Waals surface area contributed by atoms with E-state index in [2.05, 4.69) is 33.8 Å². The second kappa shape index (κ2) is 5.78. The van der Waals surface area contributed by atoms with E-state index in [0.717, 1.165) is 24.9 Å². The Morgan fingerprint density at radius 3 is 2.25 bits per heavy atom. The van der Waals surface area contributed by atoms with Gasteiger partial charge in [0.25, 0.3) is 0 Å². The molecule has 0 spiro atoms. The van der Waals surface area contributed by atoms with E-state index >= 15 is 0 Å². The molecule has 3 nitrogen and oxygen atoms in total. The van der Waals surface area contributed by atoms with E-state index in [-0.39, 0.29) is 18.3 Å². The van der Waals surface area contributed by atoms with Gasteiger partial charge in [-0.1, -0.05) is 24.6 Å². The summed E-state index contributed by atoms with van der Waals surface area (Å²) in [6.45, 7) is 8.36. The molecule has 0 bridgehead atoms. The Bertz CT molecular complexity index is 441. The predicted molar refractivity (Wildman–Crippen MR) is 82.2 cm³/mol. The summed E-state index contributed by atoms with van der Waals surface area (Å²) in [6, 6.07) is 8.16. The van der Waals surface area contributed by atoms with Crippen molar-refractivity contribution in [2.45, 2.75) is 58.1 Å². The number of hydrogen-bond acceptors (Lipinski definition) is 3. The third-order valence-electron chi connectivity index (χ3n) is 4.38. The van der Waals surface area contributed by atoms with Crippen LogP contribution in [-0.4, -0.2) is 25.4 Å². The van der Waals surface area contributed by atoms with Gasteiger partial charge < -0.3 is 14.0 Å². The standard InChI is InChI=1S/C16H25BO3/c1-15(2)16(3,4)20-17(19-15)12-8-10-13-9-6-7-11-14(13)18-5/h6-7,9,11H,8,10,12H2,1-5H3. The molecule has 0 unspecified atom stereocenters. The van der Waals surface area contributed by atoms with Crippen molar-refractivity contribution in [3.63, 3.8) is 0 Å². The monoisotopic (exact) mass is 276 g/mol. The topological polar surface area (TPSA) is 27.7 Å². The third-order valence-corrected chi connectivity index (χ3v) is 4.38. The minimum atomic E-state index is -0.234. The van der Waals surface area contributed by atoms with E-state index in [1.165, 1.54) is 5.56 Å². The highest BCUT2D eigenvalue weighted by Crippen LogP contribution is 2.38. The van der Waals surface area contributed by atoms with E-state index in [1.54, 1.807) is 7.11 Å². The zero-order valence-corrected chi connectivity index (χ0v) is 13.2. The van der Waals surface area contributed by atoms with E-state index in [0.29, 0.717) is 0 Å². The van der Waals surface area contributed by atoms with Crippen LogP contribution in [0.4, 0.5) is 0 Å². The van der Waals surface area contributed by atoms with Crippen LogP contribution in [0.15, 0.2) is 24.3 Å². The highest BCUT2D eigenvalue weighted by atomic mass is 16.7. The minimum absolute atomic E-state index is 0.102. The van der Waals surface area contributed by atoms with Gasteiger partial charge in [0.2, 0.25) is 0 Å². The van der Waals surface area contributed by atoms with Crippen molar-refractivity contribution in [3.8, 4) is 5.75 Å². The quantitative estimate of drug-likeness (QED) is 0.767. The number of rotatable bonds is 5. The largest absolute Gasteiger partial charge is 0.496 e. The predicted octanol–water partition coefficient (Wildman–Crippen LogP) is 3.72. The second-order valence-corrected chi connectivity index (χ2v) is 6.39. The highest BCUT2D eigenvalue weighted by Gasteiger charge is 2.50. The zero-order chi connectivity index (χ0) is 14.8. The van der Waals surface area contributed by atoms with Crippen LogP contribution in [0, 0.1) is 0 Å². The molecule has 0 radical (unpaired) electrons. The molecule has 1 saturated heterocycles. The van der Waals surface area contributed by atoms with Crippen molar-refractivity contribution < 1.29 is 14.0 Å². The molecule has 1 aliphatic rings. The molecule has 1 aliphatic heterocycles. The molecular formula is C16H25BO3. The number of ether oxygens (including phenoxy) is 1. The van der Waals surface area contributed by atoms with Gasteiger partial charge in [-0.2, -0.15) is 0 Å². The normalized spacial score (nSPS) is 20.1. The van der Waals surface area contributed by atoms with E-state index in [4.69, 9.17) is 14.0 Å². The van der Waals surface area contributed by atoms with E-state index in [9.17, 15) is 0 Å². The van der Waals surface area contributed by atoms with Crippen LogP contribution in [0.2, 0.25) is 6.32 Å². The van der Waals surface area contributed by atoms with Gasteiger partial charge in [-0.15, -0.1) is 0 Å². The Labute approximate surface area is 122 Å². The maximum atomic E-state index is 6.01. The molecule has 0 aliphatic carbocycles. The molecule has 110 valence electrons. The van der Waals surface area contributed by atoms with Gasteiger partial charge in [-0.25, -0.2) is 0 Å². The first-order valence-electron chi connectivity index (χ1n) is 7.33. The molecule has 20 heavy (non-hydrogen) atoms. The summed E-state index contributed by atoms with van der Waals surface area (Å²) in [5.41, 5.74) is 0.774. The molecule has 1 heterocycles. The summed E-state index contributed by atoms with van der Waals surface area (Å²) in [6.07, 6.45) is 2.91. The number of hydrogen-bond donors (Lipinski definition) is 0. The Balaban J connectivity index is 1.86. The number of aryl methyl sites for hydroxylation is 1. The fourth-order valence-corrected chi connectivity index (χ4v) is 2.45. The fourth-order valence-electron chi connectivity index (χ4n) is 2.45. The lowest BCUT2D eigenvalue weighted by molar-refractivity contribution is 0.00578. The third kappa shape index (κ3) is 3.18. The van der Waals surface area contributed by atoms with Crippen molar-refractivity contribution in [2.75, 3.05) is 7.11 Å². The van der Waals surface area contributed by atoms with Crippen LogP contribution >= 0.6 is 0 Å². The van der Waals surface area contributed by atoms with Crippen LogP contribution in [0.3, 0.4) is 0 Å². The van der Waals surface area contributed by atoms with Gasteiger partial charge in [0.1, 0.15) is 5.75 Å². The molecule has 0 atom stereocenters.